The maximum atomic E-state index is 11.8. The minimum absolute atomic E-state index is 0.0896. The monoisotopic (exact) mass is 426 g/mol. The molecular formula is C20H19BrN4O2. The lowest BCUT2D eigenvalue weighted by molar-refractivity contribution is 0.0999. The van der Waals surface area contributed by atoms with Crippen LogP contribution < -0.4 is 16.2 Å². The SMILES string of the molecule is Cc1nc(N)nc(-c2ccc(OCCc3ccccc3)c(Br)c2)c1C(N)=O. The van der Waals surface area contributed by atoms with Crippen LogP contribution >= 0.6 is 15.9 Å². The summed E-state index contributed by atoms with van der Waals surface area (Å²) in [5.74, 6) is 0.197. The number of aryl methyl sites for hydroxylation is 1. The van der Waals surface area contributed by atoms with E-state index < -0.39 is 5.91 Å². The molecule has 0 saturated heterocycles. The van der Waals surface area contributed by atoms with E-state index in [2.05, 4.69) is 38.0 Å². The normalized spacial score (nSPS) is 10.6. The Balaban J connectivity index is 1.82. The quantitative estimate of drug-likeness (QED) is 0.627. The van der Waals surface area contributed by atoms with Gasteiger partial charge >= 0.3 is 0 Å². The molecule has 0 radical (unpaired) electrons. The zero-order valence-electron chi connectivity index (χ0n) is 14.8. The number of nitrogen functional groups attached to an aromatic ring is 1. The summed E-state index contributed by atoms with van der Waals surface area (Å²) >= 11 is 3.51. The second-order valence-corrected chi connectivity index (χ2v) is 6.84. The highest BCUT2D eigenvalue weighted by Crippen LogP contribution is 2.32. The van der Waals surface area contributed by atoms with E-state index in [4.69, 9.17) is 16.2 Å². The average Bonchev–Trinajstić information content (AvgIpc) is 2.63. The fourth-order valence-electron chi connectivity index (χ4n) is 2.79. The van der Waals surface area contributed by atoms with E-state index in [0.29, 0.717) is 29.3 Å². The largest absolute Gasteiger partial charge is 0.492 e. The van der Waals surface area contributed by atoms with E-state index >= 15 is 0 Å². The van der Waals surface area contributed by atoms with E-state index in [1.807, 2.05) is 36.4 Å². The van der Waals surface area contributed by atoms with Gasteiger partial charge in [-0.1, -0.05) is 30.3 Å². The van der Waals surface area contributed by atoms with Gasteiger partial charge in [-0.15, -0.1) is 0 Å². The predicted molar refractivity (Wildman–Crippen MR) is 108 cm³/mol. The summed E-state index contributed by atoms with van der Waals surface area (Å²) in [6, 6.07) is 15.6. The fraction of sp³-hybridized carbons (Fsp3) is 0.150. The van der Waals surface area contributed by atoms with Gasteiger partial charge in [-0.2, -0.15) is 0 Å². The maximum absolute atomic E-state index is 11.8. The van der Waals surface area contributed by atoms with Crippen LogP contribution in [0, 0.1) is 6.92 Å². The van der Waals surface area contributed by atoms with E-state index in [-0.39, 0.29) is 11.5 Å². The molecule has 6 nitrogen and oxygen atoms in total. The Bertz CT molecular complexity index is 977. The number of carbonyl (C=O) groups excluding carboxylic acids is 1. The van der Waals surface area contributed by atoms with E-state index in [9.17, 15) is 4.79 Å². The van der Waals surface area contributed by atoms with Crippen LogP contribution in [0.1, 0.15) is 21.6 Å². The number of ether oxygens (including phenoxy) is 1. The van der Waals surface area contributed by atoms with Crippen LogP contribution in [0.4, 0.5) is 5.95 Å². The third-order valence-corrected chi connectivity index (χ3v) is 4.67. The Kier molecular flexibility index (Phi) is 5.71. The molecule has 0 fully saturated rings. The summed E-state index contributed by atoms with van der Waals surface area (Å²) < 4.78 is 6.61. The first-order valence-electron chi connectivity index (χ1n) is 8.36. The molecule has 7 heteroatoms. The molecule has 0 atom stereocenters. The lowest BCUT2D eigenvalue weighted by Crippen LogP contribution is -2.17. The Morgan fingerprint density at radius 3 is 2.56 bits per heavy atom. The zero-order valence-corrected chi connectivity index (χ0v) is 16.4. The van der Waals surface area contributed by atoms with Crippen LogP contribution in [-0.2, 0) is 6.42 Å². The van der Waals surface area contributed by atoms with Crippen LogP contribution in [0.5, 0.6) is 5.75 Å². The summed E-state index contributed by atoms with van der Waals surface area (Å²) in [5, 5.41) is 0. The van der Waals surface area contributed by atoms with Crippen molar-refractivity contribution in [1.29, 1.82) is 0 Å². The van der Waals surface area contributed by atoms with Gasteiger partial charge in [0.1, 0.15) is 5.75 Å². The van der Waals surface area contributed by atoms with E-state index in [0.717, 1.165) is 10.9 Å². The fourth-order valence-corrected chi connectivity index (χ4v) is 3.28. The van der Waals surface area contributed by atoms with Crippen LogP contribution in [0.3, 0.4) is 0 Å². The number of hydrogen-bond donors (Lipinski definition) is 2. The van der Waals surface area contributed by atoms with Crippen LogP contribution in [0.25, 0.3) is 11.3 Å². The van der Waals surface area contributed by atoms with Crippen LogP contribution in [-0.4, -0.2) is 22.5 Å². The summed E-state index contributed by atoms with van der Waals surface area (Å²) in [5.41, 5.74) is 14.3. The summed E-state index contributed by atoms with van der Waals surface area (Å²) in [6.45, 7) is 2.23. The van der Waals surface area contributed by atoms with Gasteiger partial charge in [0.05, 0.1) is 28.0 Å². The minimum atomic E-state index is -0.596. The predicted octanol–water partition coefficient (Wildman–Crippen LogP) is 3.52. The standard InChI is InChI=1S/C20H19BrN4O2/c1-12-17(19(22)26)18(25-20(23)24-12)14-7-8-16(15(21)11-14)27-10-9-13-5-3-2-4-6-13/h2-8,11H,9-10H2,1H3,(H2,22,26)(H2,23,24,25). The summed E-state index contributed by atoms with van der Waals surface area (Å²) in [7, 11) is 0. The number of rotatable bonds is 6. The zero-order chi connectivity index (χ0) is 19.4. The highest BCUT2D eigenvalue weighted by Gasteiger charge is 2.18. The lowest BCUT2D eigenvalue weighted by atomic mass is 10.0. The van der Waals surface area contributed by atoms with E-state index in [1.165, 1.54) is 5.56 Å². The number of primary amides is 1. The van der Waals surface area contributed by atoms with Crippen molar-refractivity contribution in [3.63, 3.8) is 0 Å². The maximum Gasteiger partial charge on any atom is 0.252 e. The second-order valence-electron chi connectivity index (χ2n) is 5.98. The first kappa shape index (κ1) is 18.8. The van der Waals surface area contributed by atoms with E-state index in [1.54, 1.807) is 6.92 Å². The van der Waals surface area contributed by atoms with Gasteiger partial charge in [-0.05, 0) is 46.6 Å². The van der Waals surface area contributed by atoms with Crippen molar-refractivity contribution in [2.75, 3.05) is 12.3 Å². The third-order valence-electron chi connectivity index (χ3n) is 4.05. The molecule has 3 rings (SSSR count). The molecule has 0 saturated carbocycles. The number of anilines is 1. The van der Waals surface area contributed by atoms with Crippen molar-refractivity contribution < 1.29 is 9.53 Å². The van der Waals surface area contributed by atoms with Gasteiger partial charge in [-0.25, -0.2) is 9.97 Å². The van der Waals surface area contributed by atoms with Crippen molar-refractivity contribution in [2.45, 2.75) is 13.3 Å². The third kappa shape index (κ3) is 4.43. The van der Waals surface area contributed by atoms with Gasteiger partial charge in [-0.3, -0.25) is 4.79 Å². The van der Waals surface area contributed by atoms with Crippen molar-refractivity contribution >= 4 is 27.8 Å². The van der Waals surface area contributed by atoms with Crippen LogP contribution in [0.2, 0.25) is 0 Å². The number of halogens is 1. The average molecular weight is 427 g/mol. The first-order valence-corrected chi connectivity index (χ1v) is 9.15. The topological polar surface area (TPSA) is 104 Å². The number of nitrogens with two attached hydrogens (primary N) is 2. The highest BCUT2D eigenvalue weighted by atomic mass is 79.9. The summed E-state index contributed by atoms with van der Waals surface area (Å²) in [4.78, 5) is 20.0. The number of benzene rings is 2. The molecular weight excluding hydrogens is 408 g/mol. The lowest BCUT2D eigenvalue weighted by Gasteiger charge is -2.12. The smallest absolute Gasteiger partial charge is 0.252 e. The molecule has 0 unspecified atom stereocenters. The molecule has 2 aromatic carbocycles. The van der Waals surface area contributed by atoms with Crippen LogP contribution in [0.15, 0.2) is 53.0 Å². The van der Waals surface area contributed by atoms with Crippen molar-refractivity contribution in [3.8, 4) is 17.0 Å². The second kappa shape index (κ2) is 8.18. The minimum Gasteiger partial charge on any atom is -0.492 e. The molecule has 1 amide bonds. The van der Waals surface area contributed by atoms with Crippen molar-refractivity contribution in [3.05, 3.63) is 69.8 Å². The number of nitrogens with zero attached hydrogens (tertiary/aromatic N) is 2. The Morgan fingerprint density at radius 1 is 1.15 bits per heavy atom. The highest BCUT2D eigenvalue weighted by molar-refractivity contribution is 9.10. The molecule has 138 valence electrons. The molecule has 3 aromatic rings. The van der Waals surface area contributed by atoms with Gasteiger partial charge in [0.15, 0.2) is 0 Å². The Labute approximate surface area is 165 Å². The molecule has 0 aliphatic carbocycles. The van der Waals surface area contributed by atoms with Gasteiger partial charge in [0.2, 0.25) is 5.95 Å². The molecule has 0 bridgehead atoms. The van der Waals surface area contributed by atoms with Gasteiger partial charge < -0.3 is 16.2 Å². The molecule has 0 aliphatic rings. The molecule has 27 heavy (non-hydrogen) atoms. The van der Waals surface area contributed by atoms with Crippen molar-refractivity contribution in [1.82, 2.24) is 9.97 Å². The Morgan fingerprint density at radius 2 is 1.89 bits per heavy atom. The molecule has 1 heterocycles. The van der Waals surface area contributed by atoms with Crippen molar-refractivity contribution in [2.24, 2.45) is 5.73 Å². The van der Waals surface area contributed by atoms with Gasteiger partial charge in [0, 0.05) is 12.0 Å². The Hall–Kier alpha value is -2.93. The number of hydrogen-bond acceptors (Lipinski definition) is 5. The number of carbonyl (C=O) groups is 1. The molecule has 4 N–H and O–H groups in total. The van der Waals surface area contributed by atoms with Gasteiger partial charge in [0.25, 0.3) is 5.91 Å². The number of amides is 1. The molecule has 1 aromatic heterocycles. The first-order chi connectivity index (χ1) is 13.0. The molecule has 0 aliphatic heterocycles. The molecule has 0 spiro atoms. The summed E-state index contributed by atoms with van der Waals surface area (Å²) in [6.07, 6.45) is 0.808. The number of aromatic nitrogens is 2.